The predicted molar refractivity (Wildman–Crippen MR) is 100 cm³/mol. The number of rotatable bonds is 5. The van der Waals surface area contributed by atoms with Gasteiger partial charge < -0.3 is 9.90 Å². The summed E-state index contributed by atoms with van der Waals surface area (Å²) in [5, 5.41) is 22.4. The van der Waals surface area contributed by atoms with Crippen LogP contribution in [0, 0.1) is 10.1 Å². The van der Waals surface area contributed by atoms with E-state index < -0.39 is 43.4 Å². The second kappa shape index (κ2) is 6.97. The molecule has 156 valence electrons. The van der Waals surface area contributed by atoms with E-state index in [-0.39, 0.29) is 32.5 Å². The van der Waals surface area contributed by atoms with Crippen molar-refractivity contribution in [2.45, 2.75) is 4.90 Å². The number of nitrogens with zero attached hydrogens (tertiary/aromatic N) is 2. The van der Waals surface area contributed by atoms with Gasteiger partial charge in [-0.3, -0.25) is 19.7 Å². The number of benzene rings is 3. The molecular formula is C19H9N2O9S-. The number of hydrogen-bond acceptors (Lipinski definition) is 9. The Balaban J connectivity index is 1.80. The summed E-state index contributed by atoms with van der Waals surface area (Å²) in [5.74, 6) is -3.81. The van der Waals surface area contributed by atoms with Gasteiger partial charge in [-0.05, 0) is 23.6 Å². The van der Waals surface area contributed by atoms with Gasteiger partial charge in [-0.1, -0.05) is 24.3 Å². The topological polar surface area (TPSA) is 164 Å². The summed E-state index contributed by atoms with van der Waals surface area (Å²) in [6.45, 7) is 0. The summed E-state index contributed by atoms with van der Waals surface area (Å²) in [6, 6.07) is 10.1. The molecule has 2 amide bonds. The van der Waals surface area contributed by atoms with Crippen molar-refractivity contribution >= 4 is 44.4 Å². The molecular weight excluding hydrogens is 432 g/mol. The minimum Gasteiger partial charge on any atom is -0.545 e. The van der Waals surface area contributed by atoms with E-state index >= 15 is 0 Å². The first-order valence-corrected chi connectivity index (χ1v) is 9.87. The van der Waals surface area contributed by atoms with E-state index in [2.05, 4.69) is 0 Å². The third kappa shape index (κ3) is 3.19. The van der Waals surface area contributed by atoms with Crippen LogP contribution in [0.1, 0.15) is 31.1 Å². The van der Waals surface area contributed by atoms with Crippen LogP contribution in [-0.2, 0) is 14.4 Å². The average molecular weight is 441 g/mol. The summed E-state index contributed by atoms with van der Waals surface area (Å²) >= 11 is 0. The zero-order valence-electron chi connectivity index (χ0n) is 15.2. The number of aromatic carboxylic acids is 1. The van der Waals surface area contributed by atoms with Crippen molar-refractivity contribution < 1.29 is 37.1 Å². The Morgan fingerprint density at radius 3 is 2.26 bits per heavy atom. The maximum Gasteiger partial charge on any atom is 0.318 e. The molecule has 4 rings (SSSR count). The molecule has 3 aromatic carbocycles. The molecule has 12 heteroatoms. The van der Waals surface area contributed by atoms with Crippen molar-refractivity contribution in [1.29, 1.82) is 0 Å². The Kier molecular flexibility index (Phi) is 4.52. The first-order valence-electron chi connectivity index (χ1n) is 8.47. The lowest BCUT2D eigenvalue weighted by Gasteiger charge is -2.26. The number of carboxylic acids is 1. The normalized spacial score (nSPS) is 13.5. The third-order valence-electron chi connectivity index (χ3n) is 4.58. The molecule has 11 nitrogen and oxygen atoms in total. The maximum absolute atomic E-state index is 12.8. The van der Waals surface area contributed by atoms with Crippen LogP contribution in [0.15, 0.2) is 59.5 Å². The molecule has 0 saturated heterocycles. The summed E-state index contributed by atoms with van der Waals surface area (Å²) < 4.78 is 29.9. The third-order valence-corrected chi connectivity index (χ3v) is 5.76. The number of non-ortho nitro benzene ring substituents is 1. The van der Waals surface area contributed by atoms with Crippen LogP contribution in [0.2, 0.25) is 0 Å². The number of amides is 2. The standard InChI is InChI=1S/C19H10N2O9S/c22-17-14-6-2-5-12-13(19(24)25)7-8-15(16(12)14)18(23)20(17)30-31(28,29)11-4-1-3-10(9-11)21(26)27/h1-9H,(H,24,25)/p-1. The molecule has 1 aliphatic rings. The molecule has 0 aliphatic carbocycles. The number of hydroxylamine groups is 2. The van der Waals surface area contributed by atoms with Gasteiger partial charge in [0.15, 0.2) is 0 Å². The van der Waals surface area contributed by atoms with E-state index in [1.807, 2.05) is 0 Å². The summed E-state index contributed by atoms with van der Waals surface area (Å²) in [5.41, 5.74) is -1.11. The molecule has 0 bridgehead atoms. The quantitative estimate of drug-likeness (QED) is 0.319. The van der Waals surface area contributed by atoms with E-state index in [1.165, 1.54) is 18.2 Å². The highest BCUT2D eigenvalue weighted by molar-refractivity contribution is 7.86. The Hall–Kier alpha value is -4.16. The number of imide groups is 1. The molecule has 0 saturated carbocycles. The van der Waals surface area contributed by atoms with Crippen LogP contribution >= 0.6 is 0 Å². The Labute approximate surface area is 173 Å². The highest BCUT2D eigenvalue weighted by Crippen LogP contribution is 2.33. The molecule has 0 fully saturated rings. The SMILES string of the molecule is O=C([O-])c1ccc2c3c(cccc13)C(=O)N(OS(=O)(=O)c1cccc([N+](=O)[O-])c1)C2=O. The van der Waals surface area contributed by atoms with Crippen molar-refractivity contribution in [3.8, 4) is 0 Å². The van der Waals surface area contributed by atoms with Gasteiger partial charge >= 0.3 is 10.1 Å². The molecule has 1 aliphatic heterocycles. The van der Waals surface area contributed by atoms with Crippen molar-refractivity contribution in [1.82, 2.24) is 5.06 Å². The van der Waals surface area contributed by atoms with Crippen molar-refractivity contribution in [3.63, 3.8) is 0 Å². The number of hydrogen-bond donors (Lipinski definition) is 0. The summed E-state index contributed by atoms with van der Waals surface area (Å²) in [7, 11) is -4.80. The van der Waals surface area contributed by atoms with E-state index in [0.29, 0.717) is 0 Å². The van der Waals surface area contributed by atoms with Gasteiger partial charge in [-0.25, -0.2) is 0 Å². The highest BCUT2D eigenvalue weighted by Gasteiger charge is 2.38. The van der Waals surface area contributed by atoms with Crippen LogP contribution in [0.3, 0.4) is 0 Å². The van der Waals surface area contributed by atoms with E-state index in [1.54, 1.807) is 0 Å². The van der Waals surface area contributed by atoms with E-state index in [4.69, 9.17) is 4.28 Å². The van der Waals surface area contributed by atoms with Crippen LogP contribution in [0.4, 0.5) is 5.69 Å². The molecule has 31 heavy (non-hydrogen) atoms. The number of nitro benzene ring substituents is 1. The molecule has 0 spiro atoms. The van der Waals surface area contributed by atoms with Gasteiger partial charge in [-0.2, -0.15) is 8.42 Å². The predicted octanol–water partition coefficient (Wildman–Crippen LogP) is 1.03. The molecule has 0 radical (unpaired) electrons. The molecule has 0 N–H and O–H groups in total. The minimum absolute atomic E-state index is 0.0178. The lowest BCUT2D eigenvalue weighted by molar-refractivity contribution is -0.385. The second-order valence-electron chi connectivity index (χ2n) is 6.36. The lowest BCUT2D eigenvalue weighted by Crippen LogP contribution is -2.42. The Morgan fingerprint density at radius 2 is 1.61 bits per heavy atom. The van der Waals surface area contributed by atoms with Crippen molar-refractivity contribution in [3.05, 3.63) is 81.4 Å². The van der Waals surface area contributed by atoms with E-state index in [0.717, 1.165) is 36.4 Å². The second-order valence-corrected chi connectivity index (χ2v) is 7.89. The van der Waals surface area contributed by atoms with Crippen LogP contribution in [0.25, 0.3) is 10.8 Å². The van der Waals surface area contributed by atoms with Crippen molar-refractivity contribution in [2.24, 2.45) is 0 Å². The molecule has 0 aromatic heterocycles. The summed E-state index contributed by atoms with van der Waals surface area (Å²) in [6.07, 6.45) is 0. The Morgan fingerprint density at radius 1 is 0.968 bits per heavy atom. The smallest absolute Gasteiger partial charge is 0.318 e. The van der Waals surface area contributed by atoms with Crippen LogP contribution in [0.5, 0.6) is 0 Å². The lowest BCUT2D eigenvalue weighted by atomic mass is 9.92. The van der Waals surface area contributed by atoms with Gasteiger partial charge in [0.05, 0.1) is 22.0 Å². The van der Waals surface area contributed by atoms with Gasteiger partial charge in [-0.15, -0.1) is 9.35 Å². The fraction of sp³-hybridized carbons (Fsp3) is 0. The fourth-order valence-corrected chi connectivity index (χ4v) is 4.14. The number of nitro groups is 1. The van der Waals surface area contributed by atoms with Gasteiger partial charge in [0, 0.05) is 23.1 Å². The molecule has 0 atom stereocenters. The van der Waals surface area contributed by atoms with Gasteiger partial charge in [0.1, 0.15) is 4.90 Å². The fourth-order valence-electron chi connectivity index (χ4n) is 3.21. The minimum atomic E-state index is -4.80. The molecule has 0 unspecified atom stereocenters. The zero-order valence-corrected chi connectivity index (χ0v) is 16.0. The zero-order chi connectivity index (χ0) is 22.5. The van der Waals surface area contributed by atoms with Crippen LogP contribution in [-0.4, -0.2) is 36.2 Å². The first kappa shape index (κ1) is 20.1. The van der Waals surface area contributed by atoms with E-state index in [9.17, 15) is 38.0 Å². The number of carbonyl (C=O) groups excluding carboxylic acids is 3. The first-order chi connectivity index (χ1) is 14.6. The maximum atomic E-state index is 12.8. The molecule has 1 heterocycles. The van der Waals surface area contributed by atoms with Gasteiger partial charge in [0.2, 0.25) is 0 Å². The van der Waals surface area contributed by atoms with Crippen molar-refractivity contribution in [2.75, 3.05) is 0 Å². The monoisotopic (exact) mass is 441 g/mol. The largest absolute Gasteiger partial charge is 0.545 e. The van der Waals surface area contributed by atoms with Crippen LogP contribution < -0.4 is 5.11 Å². The highest BCUT2D eigenvalue weighted by atomic mass is 32.2. The Bertz CT molecular complexity index is 1410. The summed E-state index contributed by atoms with van der Waals surface area (Å²) in [4.78, 5) is 46.4. The van der Waals surface area contributed by atoms with Gasteiger partial charge in [0.25, 0.3) is 17.5 Å². The number of carbonyl (C=O) groups is 3. The number of carboxylic acid groups (broad SMARTS) is 1. The average Bonchev–Trinajstić information content (AvgIpc) is 2.74. The molecule has 3 aromatic rings.